The van der Waals surface area contributed by atoms with E-state index in [1.165, 1.54) is 6.20 Å². The summed E-state index contributed by atoms with van der Waals surface area (Å²) in [4.78, 5) is 16.9. The Morgan fingerprint density at radius 2 is 2.13 bits per heavy atom. The van der Waals surface area contributed by atoms with Crippen LogP contribution >= 0.6 is 0 Å². The minimum absolute atomic E-state index is 0.0692. The van der Waals surface area contributed by atoms with Gasteiger partial charge in [0.15, 0.2) is 0 Å². The zero-order valence-corrected chi connectivity index (χ0v) is 13.3. The molecule has 122 valence electrons. The molecule has 0 amide bonds. The van der Waals surface area contributed by atoms with Crippen LogP contribution in [0.3, 0.4) is 0 Å². The molecule has 1 aliphatic heterocycles. The van der Waals surface area contributed by atoms with E-state index in [0.29, 0.717) is 11.5 Å². The molecule has 3 rings (SSSR count). The quantitative estimate of drug-likeness (QED) is 0.635. The van der Waals surface area contributed by atoms with E-state index in [-0.39, 0.29) is 5.69 Å². The van der Waals surface area contributed by atoms with Gasteiger partial charge in [-0.1, -0.05) is 0 Å². The van der Waals surface area contributed by atoms with Crippen molar-refractivity contribution in [1.29, 1.82) is 0 Å². The Morgan fingerprint density at radius 1 is 1.39 bits per heavy atom. The summed E-state index contributed by atoms with van der Waals surface area (Å²) in [5, 5.41) is 19.1. The maximum absolute atomic E-state index is 10.9. The van der Waals surface area contributed by atoms with Crippen LogP contribution in [0.2, 0.25) is 0 Å². The highest BCUT2D eigenvalue weighted by molar-refractivity contribution is 5.48. The molecule has 2 aromatic rings. The molecular weight excluding hydrogens is 296 g/mol. The third kappa shape index (κ3) is 3.01. The van der Waals surface area contributed by atoms with Crippen molar-refractivity contribution >= 4 is 11.5 Å². The van der Waals surface area contributed by atoms with Crippen LogP contribution < -0.4 is 4.90 Å². The Bertz CT molecular complexity index is 706. The lowest BCUT2D eigenvalue weighted by atomic mass is 9.96. The topological polar surface area (TPSA) is 90.0 Å². The second-order valence-electron chi connectivity index (χ2n) is 5.82. The lowest BCUT2D eigenvalue weighted by Gasteiger charge is -2.32. The van der Waals surface area contributed by atoms with Gasteiger partial charge in [0.1, 0.15) is 24.2 Å². The van der Waals surface area contributed by atoms with Crippen LogP contribution in [0.4, 0.5) is 11.5 Å². The van der Waals surface area contributed by atoms with Crippen LogP contribution in [-0.4, -0.2) is 37.8 Å². The van der Waals surface area contributed by atoms with Gasteiger partial charge in [-0.25, -0.2) is 4.98 Å². The zero-order valence-electron chi connectivity index (χ0n) is 13.3. The number of nitro groups is 1. The monoisotopic (exact) mass is 316 g/mol. The van der Waals surface area contributed by atoms with Gasteiger partial charge in [-0.3, -0.25) is 10.1 Å². The number of aromatic nitrogens is 4. The molecule has 1 fully saturated rings. The van der Waals surface area contributed by atoms with Crippen molar-refractivity contribution in [3.8, 4) is 0 Å². The summed E-state index contributed by atoms with van der Waals surface area (Å²) in [5.41, 5.74) is 0.715. The fourth-order valence-corrected chi connectivity index (χ4v) is 3.09. The number of piperidine rings is 1. The van der Waals surface area contributed by atoms with Gasteiger partial charge in [0.2, 0.25) is 0 Å². The molecule has 0 aliphatic carbocycles. The van der Waals surface area contributed by atoms with Crippen LogP contribution in [0.5, 0.6) is 0 Å². The molecule has 0 radical (unpaired) electrons. The molecular formula is C15H20N6O2. The molecule has 0 bridgehead atoms. The highest BCUT2D eigenvalue weighted by Gasteiger charge is 2.25. The highest BCUT2D eigenvalue weighted by Crippen LogP contribution is 2.30. The first kappa shape index (κ1) is 15.4. The van der Waals surface area contributed by atoms with E-state index in [1.807, 2.05) is 0 Å². The number of anilines is 1. The second kappa shape index (κ2) is 6.31. The van der Waals surface area contributed by atoms with Crippen molar-refractivity contribution in [3.63, 3.8) is 0 Å². The van der Waals surface area contributed by atoms with E-state index in [0.717, 1.165) is 44.1 Å². The predicted molar refractivity (Wildman–Crippen MR) is 85.5 cm³/mol. The Kier molecular flexibility index (Phi) is 4.22. The molecule has 0 aromatic carbocycles. The molecule has 1 aliphatic rings. The van der Waals surface area contributed by atoms with E-state index in [9.17, 15) is 10.1 Å². The summed E-state index contributed by atoms with van der Waals surface area (Å²) in [5.74, 6) is 2.27. The minimum atomic E-state index is -0.393. The van der Waals surface area contributed by atoms with Crippen molar-refractivity contribution in [1.82, 2.24) is 19.7 Å². The van der Waals surface area contributed by atoms with Gasteiger partial charge >= 0.3 is 0 Å². The molecule has 0 spiro atoms. The third-order valence-corrected chi connectivity index (χ3v) is 4.44. The first-order valence-electron chi connectivity index (χ1n) is 7.83. The number of hydrogen-bond donors (Lipinski definition) is 0. The number of nitrogens with zero attached hydrogens (tertiary/aromatic N) is 6. The third-order valence-electron chi connectivity index (χ3n) is 4.44. The van der Waals surface area contributed by atoms with Crippen molar-refractivity contribution in [2.45, 2.75) is 39.2 Å². The normalized spacial score (nSPS) is 15.8. The predicted octanol–water partition coefficient (Wildman–Crippen LogP) is 2.29. The lowest BCUT2D eigenvalue weighted by Crippen LogP contribution is -2.34. The number of pyridine rings is 1. The van der Waals surface area contributed by atoms with E-state index >= 15 is 0 Å². The molecule has 0 atom stereocenters. The fourth-order valence-electron chi connectivity index (χ4n) is 3.09. The van der Waals surface area contributed by atoms with Crippen LogP contribution in [0, 0.1) is 17.0 Å². The summed E-state index contributed by atoms with van der Waals surface area (Å²) in [6.07, 6.45) is 5.10. The average Bonchev–Trinajstić information content (AvgIpc) is 3.03. The van der Waals surface area contributed by atoms with Crippen molar-refractivity contribution < 1.29 is 4.92 Å². The molecule has 23 heavy (non-hydrogen) atoms. The van der Waals surface area contributed by atoms with E-state index in [2.05, 4.69) is 31.6 Å². The highest BCUT2D eigenvalue weighted by atomic mass is 16.6. The van der Waals surface area contributed by atoms with Gasteiger partial charge in [0, 0.05) is 31.1 Å². The van der Waals surface area contributed by atoms with E-state index < -0.39 is 4.92 Å². The maximum Gasteiger partial charge on any atom is 0.290 e. The summed E-state index contributed by atoms with van der Waals surface area (Å²) in [7, 11) is 0. The van der Waals surface area contributed by atoms with Gasteiger partial charge in [-0.15, -0.1) is 10.2 Å². The van der Waals surface area contributed by atoms with Crippen LogP contribution in [-0.2, 0) is 6.54 Å². The van der Waals surface area contributed by atoms with Gasteiger partial charge in [-0.05, 0) is 32.8 Å². The summed E-state index contributed by atoms with van der Waals surface area (Å²) < 4.78 is 2.09. The van der Waals surface area contributed by atoms with Crippen molar-refractivity contribution in [2.24, 2.45) is 0 Å². The van der Waals surface area contributed by atoms with Crippen LogP contribution in [0.15, 0.2) is 18.6 Å². The molecule has 1 saturated heterocycles. The first-order valence-corrected chi connectivity index (χ1v) is 7.83. The summed E-state index contributed by atoms with van der Waals surface area (Å²) in [6, 6.07) is 1.80. The van der Waals surface area contributed by atoms with Crippen molar-refractivity contribution in [2.75, 3.05) is 18.0 Å². The Balaban J connectivity index is 1.69. The number of hydrogen-bond acceptors (Lipinski definition) is 6. The minimum Gasteiger partial charge on any atom is -0.357 e. The molecule has 8 nitrogen and oxygen atoms in total. The van der Waals surface area contributed by atoms with Gasteiger partial charge in [-0.2, -0.15) is 0 Å². The number of rotatable bonds is 4. The molecule has 2 aromatic heterocycles. The Labute approximate surface area is 134 Å². The van der Waals surface area contributed by atoms with Crippen LogP contribution in [0.1, 0.15) is 37.1 Å². The largest absolute Gasteiger partial charge is 0.357 e. The first-order chi connectivity index (χ1) is 11.1. The second-order valence-corrected chi connectivity index (χ2v) is 5.82. The fraction of sp³-hybridized carbons (Fsp3) is 0.533. The molecule has 0 saturated carbocycles. The lowest BCUT2D eigenvalue weighted by molar-refractivity contribution is -0.385. The average molecular weight is 316 g/mol. The standard InChI is InChI=1S/C15H20N6O2/c1-3-19-10-17-18-15(19)12-4-6-20(7-5-12)14-8-11(2)13(9-16-14)21(22)23/h8-10,12H,3-7H2,1-2H3. The summed E-state index contributed by atoms with van der Waals surface area (Å²) in [6.45, 7) is 6.45. The smallest absolute Gasteiger partial charge is 0.290 e. The van der Waals surface area contributed by atoms with Crippen molar-refractivity contribution in [3.05, 3.63) is 40.1 Å². The van der Waals surface area contributed by atoms with Gasteiger partial charge in [0.05, 0.1) is 4.92 Å². The van der Waals surface area contributed by atoms with Crippen LogP contribution in [0.25, 0.3) is 0 Å². The zero-order chi connectivity index (χ0) is 16.4. The van der Waals surface area contributed by atoms with Gasteiger partial charge in [0.25, 0.3) is 5.69 Å². The molecule has 8 heteroatoms. The molecule has 3 heterocycles. The van der Waals surface area contributed by atoms with Gasteiger partial charge < -0.3 is 9.47 Å². The SMILES string of the molecule is CCn1cnnc1C1CCN(c2cc(C)c([N+](=O)[O-])cn2)CC1. The molecule has 0 unspecified atom stereocenters. The number of aryl methyl sites for hydroxylation is 2. The van der Waals surface area contributed by atoms with E-state index in [1.54, 1.807) is 19.3 Å². The Hall–Kier alpha value is -2.51. The Morgan fingerprint density at radius 3 is 2.74 bits per heavy atom. The molecule has 0 N–H and O–H groups in total. The maximum atomic E-state index is 10.9. The van der Waals surface area contributed by atoms with E-state index in [4.69, 9.17) is 0 Å². The summed E-state index contributed by atoms with van der Waals surface area (Å²) >= 11 is 0.